The monoisotopic (exact) mass is 301 g/mol. The van der Waals surface area contributed by atoms with Gasteiger partial charge in [0, 0.05) is 10.0 Å². The average molecular weight is 302 g/mol. The molecule has 0 saturated carbocycles. The van der Waals surface area contributed by atoms with Crippen LogP contribution in [0.2, 0.25) is 0 Å². The summed E-state index contributed by atoms with van der Waals surface area (Å²) in [6.45, 7) is 0. The second-order valence-corrected chi connectivity index (χ2v) is 4.53. The summed E-state index contributed by atoms with van der Waals surface area (Å²) in [5.74, 6) is -0.391. The van der Waals surface area contributed by atoms with E-state index in [0.717, 1.165) is 10.0 Å². The fraction of sp³-hybridized carbons (Fsp3) is 0. The van der Waals surface area contributed by atoms with E-state index in [1.54, 1.807) is 24.3 Å². The third-order valence-corrected chi connectivity index (χ3v) is 3.21. The molecule has 0 N–H and O–H groups in total. The van der Waals surface area contributed by atoms with Gasteiger partial charge in [0.1, 0.15) is 5.82 Å². The minimum absolute atomic E-state index is 0.306. The van der Waals surface area contributed by atoms with Crippen molar-refractivity contribution in [1.29, 1.82) is 5.26 Å². The first kappa shape index (κ1) is 12.5. The van der Waals surface area contributed by atoms with Gasteiger partial charge in [-0.05, 0) is 23.8 Å². The Morgan fingerprint density at radius 1 is 1.11 bits per heavy atom. The summed E-state index contributed by atoms with van der Waals surface area (Å²) in [7, 11) is 0. The third-order valence-electron chi connectivity index (χ3n) is 2.49. The zero-order chi connectivity index (χ0) is 13.0. The molecule has 0 amide bonds. The van der Waals surface area contributed by atoms with Crippen molar-refractivity contribution >= 4 is 27.6 Å². The van der Waals surface area contributed by atoms with Gasteiger partial charge in [-0.3, -0.25) is 0 Å². The SMILES string of the molecule is N#CC(=Cc1ccccc1Br)c1ccccc1F. The molecule has 0 heterocycles. The molecule has 0 aliphatic heterocycles. The fourth-order valence-electron chi connectivity index (χ4n) is 1.60. The Morgan fingerprint density at radius 3 is 2.44 bits per heavy atom. The predicted molar refractivity (Wildman–Crippen MR) is 74.0 cm³/mol. The van der Waals surface area contributed by atoms with Crippen LogP contribution in [0.15, 0.2) is 53.0 Å². The molecular weight excluding hydrogens is 293 g/mol. The molecule has 2 aromatic rings. The van der Waals surface area contributed by atoms with Crippen molar-refractivity contribution in [3.8, 4) is 6.07 Å². The van der Waals surface area contributed by atoms with Gasteiger partial charge in [0.15, 0.2) is 0 Å². The van der Waals surface area contributed by atoms with Gasteiger partial charge in [0.25, 0.3) is 0 Å². The largest absolute Gasteiger partial charge is 0.206 e. The third kappa shape index (κ3) is 2.66. The summed E-state index contributed by atoms with van der Waals surface area (Å²) in [6, 6.07) is 15.8. The van der Waals surface area contributed by atoms with Gasteiger partial charge < -0.3 is 0 Å². The lowest BCUT2D eigenvalue weighted by molar-refractivity contribution is 0.624. The maximum Gasteiger partial charge on any atom is 0.131 e. The minimum atomic E-state index is -0.391. The quantitative estimate of drug-likeness (QED) is 0.585. The molecule has 18 heavy (non-hydrogen) atoms. The summed E-state index contributed by atoms with van der Waals surface area (Å²) in [5, 5.41) is 9.16. The molecule has 0 spiro atoms. The smallest absolute Gasteiger partial charge is 0.131 e. The molecule has 1 nitrogen and oxygen atoms in total. The summed E-state index contributed by atoms with van der Waals surface area (Å²) in [4.78, 5) is 0. The van der Waals surface area contributed by atoms with E-state index >= 15 is 0 Å². The first-order chi connectivity index (χ1) is 8.72. The second kappa shape index (κ2) is 5.61. The standard InChI is InChI=1S/C15H9BrFN/c16-14-7-3-1-5-11(14)9-12(10-18)13-6-2-4-8-15(13)17/h1-9H. The van der Waals surface area contributed by atoms with Crippen LogP contribution in [0.25, 0.3) is 11.6 Å². The number of nitriles is 1. The van der Waals surface area contributed by atoms with Crippen molar-refractivity contribution in [2.45, 2.75) is 0 Å². The zero-order valence-electron chi connectivity index (χ0n) is 9.40. The first-order valence-electron chi connectivity index (χ1n) is 5.33. The first-order valence-corrected chi connectivity index (χ1v) is 6.13. The van der Waals surface area contributed by atoms with Crippen LogP contribution < -0.4 is 0 Å². The molecule has 0 atom stereocenters. The van der Waals surface area contributed by atoms with Crippen LogP contribution in [0.3, 0.4) is 0 Å². The van der Waals surface area contributed by atoms with E-state index in [4.69, 9.17) is 5.26 Å². The Labute approximate surface area is 113 Å². The molecule has 0 fully saturated rings. The van der Waals surface area contributed by atoms with E-state index < -0.39 is 5.82 Å². The van der Waals surface area contributed by atoms with Crippen LogP contribution >= 0.6 is 15.9 Å². The van der Waals surface area contributed by atoms with Crippen molar-refractivity contribution in [3.05, 3.63) is 69.9 Å². The van der Waals surface area contributed by atoms with Gasteiger partial charge in [0.05, 0.1) is 11.6 Å². The molecule has 0 aliphatic rings. The van der Waals surface area contributed by atoms with Crippen LogP contribution in [0, 0.1) is 17.1 Å². The molecule has 3 heteroatoms. The lowest BCUT2D eigenvalue weighted by Crippen LogP contribution is -1.87. The summed E-state index contributed by atoms with van der Waals surface area (Å²) >= 11 is 3.40. The number of benzene rings is 2. The predicted octanol–water partition coefficient (Wildman–Crippen LogP) is 4.65. The Kier molecular flexibility index (Phi) is 3.91. The van der Waals surface area contributed by atoms with Crippen molar-refractivity contribution in [3.63, 3.8) is 0 Å². The molecular formula is C15H9BrFN. The molecule has 0 bridgehead atoms. The van der Waals surface area contributed by atoms with E-state index in [1.807, 2.05) is 30.3 Å². The summed E-state index contributed by atoms with van der Waals surface area (Å²) < 4.78 is 14.5. The van der Waals surface area contributed by atoms with Gasteiger partial charge in [-0.25, -0.2) is 4.39 Å². The van der Waals surface area contributed by atoms with E-state index in [9.17, 15) is 4.39 Å². The number of hydrogen-bond donors (Lipinski definition) is 0. The van der Waals surface area contributed by atoms with Crippen molar-refractivity contribution in [1.82, 2.24) is 0 Å². The van der Waals surface area contributed by atoms with Gasteiger partial charge in [-0.2, -0.15) is 5.26 Å². The molecule has 0 radical (unpaired) electrons. The molecule has 2 rings (SSSR count). The highest BCUT2D eigenvalue weighted by molar-refractivity contribution is 9.10. The zero-order valence-corrected chi connectivity index (χ0v) is 11.0. The van der Waals surface area contributed by atoms with Gasteiger partial charge in [-0.15, -0.1) is 0 Å². The molecule has 0 saturated heterocycles. The Morgan fingerprint density at radius 2 is 1.78 bits per heavy atom. The molecule has 2 aromatic carbocycles. The normalized spacial score (nSPS) is 11.1. The lowest BCUT2D eigenvalue weighted by Gasteiger charge is -2.02. The van der Waals surface area contributed by atoms with Crippen LogP contribution in [0.5, 0.6) is 0 Å². The van der Waals surface area contributed by atoms with Crippen molar-refractivity contribution < 1.29 is 4.39 Å². The van der Waals surface area contributed by atoms with Crippen molar-refractivity contribution in [2.24, 2.45) is 0 Å². The highest BCUT2D eigenvalue weighted by Gasteiger charge is 2.07. The Balaban J connectivity index is 2.52. The van der Waals surface area contributed by atoms with Crippen LogP contribution in [-0.2, 0) is 0 Å². The number of allylic oxidation sites excluding steroid dienone is 1. The van der Waals surface area contributed by atoms with Crippen molar-refractivity contribution in [2.75, 3.05) is 0 Å². The van der Waals surface area contributed by atoms with Gasteiger partial charge in [-0.1, -0.05) is 52.3 Å². The molecule has 88 valence electrons. The van der Waals surface area contributed by atoms with E-state index in [2.05, 4.69) is 15.9 Å². The molecule has 0 aromatic heterocycles. The Hall–Kier alpha value is -1.92. The average Bonchev–Trinajstić information content (AvgIpc) is 2.39. The molecule has 0 unspecified atom stereocenters. The number of hydrogen-bond acceptors (Lipinski definition) is 1. The second-order valence-electron chi connectivity index (χ2n) is 3.67. The fourth-order valence-corrected chi connectivity index (χ4v) is 2.00. The maximum atomic E-state index is 13.6. The molecule has 0 aliphatic carbocycles. The Bertz CT molecular complexity index is 641. The number of halogens is 2. The van der Waals surface area contributed by atoms with Crippen LogP contribution in [0.1, 0.15) is 11.1 Å². The number of rotatable bonds is 2. The number of nitrogens with zero attached hydrogens (tertiary/aromatic N) is 1. The summed E-state index contributed by atoms with van der Waals surface area (Å²) in [5.41, 5.74) is 1.47. The highest BCUT2D eigenvalue weighted by atomic mass is 79.9. The van der Waals surface area contributed by atoms with E-state index in [-0.39, 0.29) is 0 Å². The lowest BCUT2D eigenvalue weighted by atomic mass is 10.0. The van der Waals surface area contributed by atoms with Gasteiger partial charge >= 0.3 is 0 Å². The van der Waals surface area contributed by atoms with Gasteiger partial charge in [0.2, 0.25) is 0 Å². The van der Waals surface area contributed by atoms with Crippen LogP contribution in [0.4, 0.5) is 4.39 Å². The summed E-state index contributed by atoms with van der Waals surface area (Å²) in [6.07, 6.45) is 1.67. The highest BCUT2D eigenvalue weighted by Crippen LogP contribution is 2.24. The topological polar surface area (TPSA) is 23.8 Å². The van der Waals surface area contributed by atoms with E-state index in [1.165, 1.54) is 6.07 Å². The van der Waals surface area contributed by atoms with Crippen LogP contribution in [-0.4, -0.2) is 0 Å². The minimum Gasteiger partial charge on any atom is -0.206 e. The van der Waals surface area contributed by atoms with E-state index in [0.29, 0.717) is 11.1 Å². The maximum absolute atomic E-state index is 13.6.